The molecule has 0 unspecified atom stereocenters. The van der Waals surface area contributed by atoms with Crippen LogP contribution in [0.1, 0.15) is 22.3 Å². The third-order valence-electron chi connectivity index (χ3n) is 13.9. The topological polar surface area (TPSA) is 69.4 Å². The normalized spacial score (nSPS) is 12.3. The van der Waals surface area contributed by atoms with E-state index in [2.05, 4.69) is 0 Å². The Bertz CT molecular complexity index is 4110. The molecule has 0 saturated heterocycles. The van der Waals surface area contributed by atoms with E-state index in [9.17, 15) is 52.7 Å². The third-order valence-corrected chi connectivity index (χ3v) is 13.9. The molecule has 0 fully saturated rings. The number of hydrogen-bond donors (Lipinski definition) is 0. The van der Waals surface area contributed by atoms with Crippen LogP contribution in [0.5, 0.6) is 0 Å². The molecular weight excluding hydrogens is 1090 g/mol. The minimum absolute atomic E-state index is 0.0135. The van der Waals surface area contributed by atoms with E-state index in [4.69, 9.17) is 24.9 Å². The molecular formula is C65H36F12N6. The van der Waals surface area contributed by atoms with E-state index in [0.29, 0.717) is 85.8 Å². The third kappa shape index (κ3) is 10.8. The minimum atomic E-state index is -5.20. The van der Waals surface area contributed by atoms with E-state index in [1.54, 1.807) is 53.1 Å². The van der Waals surface area contributed by atoms with Gasteiger partial charge in [-0.05, 0) is 95.1 Å². The molecule has 12 aromatic rings. The van der Waals surface area contributed by atoms with Gasteiger partial charge in [0.2, 0.25) is 0 Å². The molecule has 410 valence electrons. The summed E-state index contributed by atoms with van der Waals surface area (Å²) in [7, 11) is 0. The van der Waals surface area contributed by atoms with E-state index in [1.165, 1.54) is 36.4 Å². The van der Waals surface area contributed by atoms with Crippen molar-refractivity contribution in [1.82, 2.24) is 29.5 Å². The minimum Gasteiger partial charge on any atom is -0.309 e. The Balaban J connectivity index is 1.20. The van der Waals surface area contributed by atoms with Crippen molar-refractivity contribution in [2.24, 2.45) is 0 Å². The second-order valence-corrected chi connectivity index (χ2v) is 19.4. The molecule has 9 aromatic carbocycles. The maximum absolute atomic E-state index is 14.4. The van der Waals surface area contributed by atoms with Gasteiger partial charge in [-0.25, -0.2) is 24.9 Å². The molecule has 0 amide bonds. The lowest BCUT2D eigenvalue weighted by molar-refractivity contribution is -0.144. The first kappa shape index (κ1) is 53.7. The Morgan fingerprint density at radius 3 is 0.976 bits per heavy atom. The van der Waals surface area contributed by atoms with Gasteiger partial charge >= 0.3 is 24.7 Å². The van der Waals surface area contributed by atoms with Crippen molar-refractivity contribution in [2.45, 2.75) is 24.7 Å². The Morgan fingerprint density at radius 2 is 0.590 bits per heavy atom. The second-order valence-electron chi connectivity index (χ2n) is 19.4. The Morgan fingerprint density at radius 1 is 0.253 bits per heavy atom. The lowest BCUT2D eigenvalue weighted by Gasteiger charge is -2.18. The molecule has 0 aliphatic rings. The lowest BCUT2D eigenvalue weighted by Crippen LogP contribution is -2.11. The molecule has 0 saturated carbocycles. The fourth-order valence-corrected chi connectivity index (χ4v) is 9.95. The van der Waals surface area contributed by atoms with Gasteiger partial charge in [-0.2, -0.15) is 52.7 Å². The Hall–Kier alpha value is -9.97. The molecule has 0 atom stereocenters. The fourth-order valence-electron chi connectivity index (χ4n) is 9.95. The highest BCUT2D eigenvalue weighted by Gasteiger charge is 2.39. The van der Waals surface area contributed by atoms with E-state index in [-0.39, 0.29) is 57.3 Å². The number of fused-ring (bicyclic) bond motifs is 3. The van der Waals surface area contributed by atoms with Crippen LogP contribution in [-0.2, 0) is 24.7 Å². The first-order valence-corrected chi connectivity index (χ1v) is 25.3. The number of nitrogens with zero attached hydrogens (tertiary/aromatic N) is 6. The Labute approximate surface area is 463 Å². The number of rotatable bonds is 9. The molecule has 0 N–H and O–H groups in total. The summed E-state index contributed by atoms with van der Waals surface area (Å²) in [6.07, 6.45) is -20.8. The predicted octanol–water partition coefficient (Wildman–Crippen LogP) is 19.2. The highest BCUT2D eigenvalue weighted by molar-refractivity contribution is 6.12. The zero-order valence-electron chi connectivity index (χ0n) is 42.5. The molecule has 6 nitrogen and oxygen atoms in total. The van der Waals surface area contributed by atoms with Crippen LogP contribution in [-0.4, -0.2) is 29.5 Å². The number of hydrogen-bond acceptors (Lipinski definition) is 5. The van der Waals surface area contributed by atoms with Gasteiger partial charge in [0, 0.05) is 44.2 Å². The van der Waals surface area contributed by atoms with Gasteiger partial charge < -0.3 is 4.57 Å². The molecule has 3 heterocycles. The highest BCUT2D eigenvalue weighted by atomic mass is 19.4. The number of alkyl halides is 12. The maximum Gasteiger partial charge on any atom is 0.416 e. The molecule has 0 aliphatic carbocycles. The molecule has 12 rings (SSSR count). The average Bonchev–Trinajstić information content (AvgIpc) is 2.22. The van der Waals surface area contributed by atoms with Gasteiger partial charge in [0.1, 0.15) is 0 Å². The van der Waals surface area contributed by atoms with Gasteiger partial charge in [-0.15, -0.1) is 0 Å². The zero-order valence-corrected chi connectivity index (χ0v) is 42.5. The first-order valence-electron chi connectivity index (χ1n) is 25.3. The second kappa shape index (κ2) is 20.5. The quantitative estimate of drug-likeness (QED) is 0.135. The van der Waals surface area contributed by atoms with Crippen molar-refractivity contribution in [3.05, 3.63) is 241 Å². The molecule has 0 aliphatic heterocycles. The maximum atomic E-state index is 14.4. The average molecular weight is 1130 g/mol. The molecule has 3 aromatic heterocycles. The van der Waals surface area contributed by atoms with Crippen molar-refractivity contribution in [3.63, 3.8) is 0 Å². The molecule has 0 bridgehead atoms. The number of halogens is 12. The van der Waals surface area contributed by atoms with Crippen LogP contribution in [0.15, 0.2) is 218 Å². The monoisotopic (exact) mass is 1130 g/mol. The highest BCUT2D eigenvalue weighted by Crippen LogP contribution is 2.45. The predicted molar refractivity (Wildman–Crippen MR) is 293 cm³/mol. The summed E-state index contributed by atoms with van der Waals surface area (Å²) < 4.78 is 175. The summed E-state index contributed by atoms with van der Waals surface area (Å²) in [4.78, 5) is 24.9. The van der Waals surface area contributed by atoms with Crippen LogP contribution < -0.4 is 0 Å². The van der Waals surface area contributed by atoms with Crippen LogP contribution in [0.3, 0.4) is 0 Å². The van der Waals surface area contributed by atoms with Crippen molar-refractivity contribution in [1.29, 1.82) is 0 Å². The molecule has 83 heavy (non-hydrogen) atoms. The van der Waals surface area contributed by atoms with E-state index < -0.39 is 58.1 Å². The summed E-state index contributed by atoms with van der Waals surface area (Å²) >= 11 is 0. The summed E-state index contributed by atoms with van der Waals surface area (Å²) in [5, 5.41) is 0.701. The van der Waals surface area contributed by atoms with Crippen molar-refractivity contribution in [3.8, 4) is 96.0 Å². The SMILES string of the molecule is FC(F)(F)c1cc(-c2ccc3c4ccc(-c5cc(C(F)(F)F)cc(C(F)(F)F)c5)cc4n(-c4ccc(-c5nc(-c6ccccc6)nc(-c6ccccc6)n5)cc4-c4cc(-c5ccccc5)nc(-c5ccccc5)n4)c3c2)cc(C(F)(F)F)c1. The summed E-state index contributed by atoms with van der Waals surface area (Å²) in [5.74, 6) is 1.08. The largest absolute Gasteiger partial charge is 0.416 e. The van der Waals surface area contributed by atoms with Crippen LogP contribution in [0.25, 0.3) is 118 Å². The van der Waals surface area contributed by atoms with Crippen LogP contribution >= 0.6 is 0 Å². The molecule has 0 radical (unpaired) electrons. The molecule has 18 heteroatoms. The molecule has 0 spiro atoms. The smallest absolute Gasteiger partial charge is 0.309 e. The van der Waals surface area contributed by atoms with Crippen molar-refractivity contribution in [2.75, 3.05) is 0 Å². The fraction of sp³-hybridized carbons (Fsp3) is 0.0615. The summed E-state index contributed by atoms with van der Waals surface area (Å²) in [5.41, 5.74) is -2.83. The van der Waals surface area contributed by atoms with Gasteiger partial charge in [0.25, 0.3) is 0 Å². The summed E-state index contributed by atoms with van der Waals surface area (Å²) in [6, 6.07) is 54.0. The van der Waals surface area contributed by atoms with Gasteiger partial charge in [0.05, 0.1) is 50.4 Å². The van der Waals surface area contributed by atoms with Gasteiger partial charge in [0.15, 0.2) is 23.3 Å². The first-order chi connectivity index (χ1) is 39.6. The summed E-state index contributed by atoms with van der Waals surface area (Å²) in [6.45, 7) is 0. The Kier molecular flexibility index (Phi) is 13.3. The van der Waals surface area contributed by atoms with E-state index >= 15 is 0 Å². The van der Waals surface area contributed by atoms with Gasteiger partial charge in [-0.3, -0.25) is 0 Å². The number of benzene rings is 9. The van der Waals surface area contributed by atoms with Crippen LogP contribution in [0.4, 0.5) is 52.7 Å². The standard InChI is InChI=1S/C65H36F12N6/c66-62(67,68)46-27-44(28-47(34-46)63(69,70)71)41-21-24-50-51-25-22-42(45-29-48(64(72,73)74)35-49(30-45)65(75,76)77)33-57(51)83(56(50)32-41)55-26-23-43(61-81-59(39-17-9-3-10-18-39)80-60(82-61)40-19-11-4-12-20-40)31-52(55)54-36-53(37-13-5-1-6-14-37)78-58(79-54)38-15-7-2-8-16-38/h1-36H. The van der Waals surface area contributed by atoms with Gasteiger partial charge in [-0.1, -0.05) is 146 Å². The number of aromatic nitrogens is 6. The van der Waals surface area contributed by atoms with E-state index in [1.807, 2.05) is 97.1 Å². The van der Waals surface area contributed by atoms with E-state index in [0.717, 1.165) is 0 Å². The zero-order chi connectivity index (χ0) is 58.0. The van der Waals surface area contributed by atoms with Crippen molar-refractivity contribution >= 4 is 21.8 Å². The van der Waals surface area contributed by atoms with Crippen LogP contribution in [0, 0.1) is 0 Å². The van der Waals surface area contributed by atoms with Crippen LogP contribution in [0.2, 0.25) is 0 Å². The lowest BCUT2D eigenvalue weighted by atomic mass is 9.97. The van der Waals surface area contributed by atoms with Crippen molar-refractivity contribution < 1.29 is 52.7 Å².